The van der Waals surface area contributed by atoms with Crippen LogP contribution in [0.3, 0.4) is 0 Å². The fourth-order valence-electron chi connectivity index (χ4n) is 12.5. The summed E-state index contributed by atoms with van der Waals surface area (Å²) in [6, 6.07) is 92.2. The fourth-order valence-corrected chi connectivity index (χ4v) is 12.5. The van der Waals surface area contributed by atoms with Crippen molar-refractivity contribution in [1.82, 2.24) is 13.7 Å². The molecule has 15 aromatic rings. The maximum absolute atomic E-state index is 2.49. The number of benzene rings is 12. The first-order valence-corrected chi connectivity index (χ1v) is 24.6. The highest BCUT2D eigenvalue weighted by atomic mass is 15.0. The molecule has 1 aliphatic carbocycles. The Balaban J connectivity index is 0.940. The van der Waals surface area contributed by atoms with Gasteiger partial charge in [0.2, 0.25) is 0 Å². The number of para-hydroxylation sites is 4. The van der Waals surface area contributed by atoms with E-state index < -0.39 is 0 Å². The van der Waals surface area contributed by atoms with Gasteiger partial charge in [-0.1, -0.05) is 164 Å². The zero-order chi connectivity index (χ0) is 46.3. The molecule has 0 amide bonds. The Bertz CT molecular complexity index is 4460. The van der Waals surface area contributed by atoms with E-state index in [0.29, 0.717) is 0 Å². The molecule has 0 fully saturated rings. The van der Waals surface area contributed by atoms with E-state index in [-0.39, 0.29) is 0 Å². The lowest BCUT2D eigenvalue weighted by atomic mass is 9.70. The second-order valence-electron chi connectivity index (χ2n) is 19.2. The van der Waals surface area contributed by atoms with Gasteiger partial charge in [0.25, 0.3) is 0 Å². The predicted molar refractivity (Wildman–Crippen MR) is 300 cm³/mol. The van der Waals surface area contributed by atoms with Gasteiger partial charge in [-0.05, 0) is 151 Å². The van der Waals surface area contributed by atoms with Gasteiger partial charge >= 0.3 is 0 Å². The molecule has 16 rings (SSSR count). The number of fused-ring (bicyclic) bond motifs is 15. The van der Waals surface area contributed by atoms with Gasteiger partial charge in [0.05, 0.1) is 33.1 Å². The Kier molecular flexibility index (Phi) is 7.89. The Labute approximate surface area is 408 Å². The monoisotopic (exact) mass is 899 g/mol. The molecule has 3 heteroatoms. The lowest BCUT2D eigenvalue weighted by Crippen LogP contribution is -2.06. The summed E-state index contributed by atoms with van der Waals surface area (Å²) in [5.41, 5.74) is 21.0. The molecule has 0 bridgehead atoms. The van der Waals surface area contributed by atoms with Gasteiger partial charge in [0.1, 0.15) is 0 Å². The van der Waals surface area contributed by atoms with E-state index in [4.69, 9.17) is 0 Å². The highest BCUT2D eigenvalue weighted by molar-refractivity contribution is 6.26. The van der Waals surface area contributed by atoms with Crippen LogP contribution in [-0.2, 0) is 0 Å². The Morgan fingerprint density at radius 3 is 0.944 bits per heavy atom. The molecule has 12 aromatic carbocycles. The average molecular weight is 900 g/mol. The highest BCUT2D eigenvalue weighted by Gasteiger charge is 2.33. The van der Waals surface area contributed by atoms with Crippen molar-refractivity contribution in [2.45, 2.75) is 0 Å². The molecule has 0 unspecified atom stereocenters. The molecule has 0 aliphatic heterocycles. The average Bonchev–Trinajstić information content (AvgIpc) is 4.08. The summed E-state index contributed by atoms with van der Waals surface area (Å²) >= 11 is 0. The summed E-state index contributed by atoms with van der Waals surface area (Å²) in [5.74, 6) is 0. The smallest absolute Gasteiger partial charge is 0.0542 e. The quantitative estimate of drug-likeness (QED) is 0.163. The summed E-state index contributed by atoms with van der Waals surface area (Å²) in [6.45, 7) is 0. The minimum Gasteiger partial charge on any atom is -0.309 e. The third-order valence-corrected chi connectivity index (χ3v) is 15.5. The molecule has 0 spiro atoms. The van der Waals surface area contributed by atoms with Crippen molar-refractivity contribution in [3.63, 3.8) is 0 Å². The van der Waals surface area contributed by atoms with Crippen molar-refractivity contribution in [1.29, 1.82) is 0 Å². The molecule has 0 saturated carbocycles. The van der Waals surface area contributed by atoms with Gasteiger partial charge in [-0.3, -0.25) is 0 Å². The van der Waals surface area contributed by atoms with Crippen LogP contribution in [-0.4, -0.2) is 13.7 Å². The van der Waals surface area contributed by atoms with Gasteiger partial charge in [-0.15, -0.1) is 0 Å². The summed E-state index contributed by atoms with van der Waals surface area (Å²) < 4.78 is 7.36. The molecule has 3 heterocycles. The van der Waals surface area contributed by atoms with E-state index in [9.17, 15) is 0 Å². The van der Waals surface area contributed by atoms with Crippen molar-refractivity contribution in [3.05, 3.63) is 249 Å². The molecule has 0 radical (unpaired) electrons. The molecule has 3 nitrogen and oxygen atoms in total. The Morgan fingerprint density at radius 2 is 0.521 bits per heavy atom. The molecule has 3 aromatic heterocycles. The van der Waals surface area contributed by atoms with Crippen molar-refractivity contribution in [2.75, 3.05) is 0 Å². The molecular weight excluding hydrogens is 859 g/mol. The molecule has 0 saturated heterocycles. The first-order chi connectivity index (χ1) is 35.2. The molecule has 71 heavy (non-hydrogen) atoms. The standard InChI is InChI=1S/C68H41N3/c1-3-17-42(18-4-1)65-53-25-7-8-26-54(53)66(43-19-5-2-6-20-43)68-58-39-45-37-46(32-31-44(45)38-57(58)67(65)68)69-63-35-33-47(70-59-27-13-9-21-49(59)50-22-10-14-28-60(50)70)40-55(63)56-41-48(34-36-64(56)69)71-61-29-15-11-23-51(61)52-24-12-16-30-62(52)71/h1-41H. The van der Waals surface area contributed by atoms with Crippen LogP contribution < -0.4 is 0 Å². The molecule has 328 valence electrons. The predicted octanol–water partition coefficient (Wildman–Crippen LogP) is 18.3. The minimum atomic E-state index is 1.14. The first-order valence-electron chi connectivity index (χ1n) is 24.6. The highest BCUT2D eigenvalue weighted by Crippen LogP contribution is 2.60. The third kappa shape index (κ3) is 5.38. The van der Waals surface area contributed by atoms with Crippen molar-refractivity contribution >= 4 is 87.0 Å². The third-order valence-electron chi connectivity index (χ3n) is 15.5. The maximum atomic E-state index is 2.49. The fraction of sp³-hybridized carbons (Fsp3) is 0. The van der Waals surface area contributed by atoms with Crippen LogP contribution in [0.5, 0.6) is 0 Å². The number of hydrogen-bond acceptors (Lipinski definition) is 0. The minimum absolute atomic E-state index is 1.14. The summed E-state index contributed by atoms with van der Waals surface area (Å²) in [5, 5.41) is 12.5. The number of hydrogen-bond donors (Lipinski definition) is 0. The summed E-state index contributed by atoms with van der Waals surface area (Å²) in [7, 11) is 0. The van der Waals surface area contributed by atoms with Crippen LogP contribution in [0.25, 0.3) is 149 Å². The number of nitrogens with zero attached hydrogens (tertiary/aromatic N) is 3. The molecule has 0 N–H and O–H groups in total. The Morgan fingerprint density at radius 1 is 0.197 bits per heavy atom. The van der Waals surface area contributed by atoms with E-state index in [1.807, 2.05) is 0 Å². The van der Waals surface area contributed by atoms with E-state index in [0.717, 1.165) is 17.1 Å². The van der Waals surface area contributed by atoms with Crippen LogP contribution in [0.2, 0.25) is 0 Å². The first kappa shape index (κ1) is 38.5. The Hall–Kier alpha value is -9.44. The van der Waals surface area contributed by atoms with Crippen LogP contribution in [0.1, 0.15) is 0 Å². The SMILES string of the molecule is c1ccc(-c2c3c(c(-c4ccccc4)c4ccccc24)-c2cc4cc(-n5c6ccc(-n7c8ccccc8c8ccccc87)cc6c6cc(-n7c8ccccc8c8ccccc87)ccc65)ccc4cc2-3)cc1. The van der Waals surface area contributed by atoms with Crippen LogP contribution >= 0.6 is 0 Å². The number of rotatable bonds is 5. The topological polar surface area (TPSA) is 14.8 Å². The van der Waals surface area contributed by atoms with E-state index in [1.54, 1.807) is 0 Å². The van der Waals surface area contributed by atoms with Crippen LogP contribution in [0.4, 0.5) is 0 Å². The summed E-state index contributed by atoms with van der Waals surface area (Å²) in [6.07, 6.45) is 0. The van der Waals surface area contributed by atoms with Crippen LogP contribution in [0.15, 0.2) is 249 Å². The van der Waals surface area contributed by atoms with Gasteiger partial charge in [-0.25, -0.2) is 0 Å². The van der Waals surface area contributed by atoms with E-state index in [2.05, 4.69) is 262 Å². The number of aromatic nitrogens is 3. The zero-order valence-electron chi connectivity index (χ0n) is 38.5. The van der Waals surface area contributed by atoms with Crippen molar-refractivity contribution in [2.24, 2.45) is 0 Å². The maximum Gasteiger partial charge on any atom is 0.0542 e. The van der Waals surface area contributed by atoms with Crippen molar-refractivity contribution in [3.8, 4) is 61.6 Å². The second kappa shape index (κ2) is 14.5. The van der Waals surface area contributed by atoms with E-state index in [1.165, 1.54) is 131 Å². The molecule has 0 atom stereocenters. The largest absolute Gasteiger partial charge is 0.309 e. The zero-order valence-corrected chi connectivity index (χ0v) is 38.5. The van der Waals surface area contributed by atoms with Crippen LogP contribution in [0, 0.1) is 0 Å². The van der Waals surface area contributed by atoms with Gasteiger partial charge in [0.15, 0.2) is 0 Å². The second-order valence-corrected chi connectivity index (χ2v) is 19.2. The van der Waals surface area contributed by atoms with Gasteiger partial charge in [-0.2, -0.15) is 0 Å². The van der Waals surface area contributed by atoms with Gasteiger partial charge < -0.3 is 13.7 Å². The summed E-state index contributed by atoms with van der Waals surface area (Å²) in [4.78, 5) is 0. The normalized spacial score (nSPS) is 12.2. The lowest BCUT2D eigenvalue weighted by molar-refractivity contribution is 1.16. The molecule has 1 aliphatic rings. The van der Waals surface area contributed by atoms with Crippen molar-refractivity contribution < 1.29 is 0 Å². The van der Waals surface area contributed by atoms with Gasteiger partial charge in [0, 0.05) is 49.4 Å². The lowest BCUT2D eigenvalue weighted by Gasteiger charge is -2.32. The van der Waals surface area contributed by atoms with E-state index >= 15 is 0 Å². The molecular formula is C68H41N3.